The molecule has 1 heterocycles. The summed E-state index contributed by atoms with van der Waals surface area (Å²) in [6.07, 6.45) is 0.363. The average molecular weight is 315 g/mol. The Morgan fingerprint density at radius 3 is 2.73 bits per heavy atom. The van der Waals surface area contributed by atoms with E-state index in [-0.39, 0.29) is 11.1 Å². The van der Waals surface area contributed by atoms with Crippen LogP contribution in [0.15, 0.2) is 47.3 Å². The van der Waals surface area contributed by atoms with Crippen molar-refractivity contribution in [3.63, 3.8) is 0 Å². The average Bonchev–Trinajstić information content (AvgIpc) is 2.49. The Balaban J connectivity index is 2.09. The Labute approximate surface area is 130 Å². The van der Waals surface area contributed by atoms with Crippen LogP contribution in [0.4, 0.5) is 0 Å². The van der Waals surface area contributed by atoms with Gasteiger partial charge in [0.15, 0.2) is 0 Å². The minimum absolute atomic E-state index is 0.0919. The van der Waals surface area contributed by atoms with Crippen molar-refractivity contribution in [2.75, 3.05) is 0 Å². The fraction of sp³-hybridized carbons (Fsp3) is 0.0625. The quantitative estimate of drug-likeness (QED) is 0.778. The first kappa shape index (κ1) is 14.3. The molecule has 2 aromatic carbocycles. The lowest BCUT2D eigenvalue weighted by molar-refractivity contribution is 0.0697. The number of aromatic nitrogens is 2. The van der Waals surface area contributed by atoms with Gasteiger partial charge in [-0.3, -0.25) is 4.79 Å². The van der Waals surface area contributed by atoms with Gasteiger partial charge in [0.05, 0.1) is 16.5 Å². The Morgan fingerprint density at radius 1 is 1.23 bits per heavy atom. The van der Waals surface area contributed by atoms with E-state index in [1.165, 1.54) is 18.2 Å². The van der Waals surface area contributed by atoms with Gasteiger partial charge < -0.3 is 10.1 Å². The van der Waals surface area contributed by atoms with E-state index in [9.17, 15) is 9.59 Å². The highest BCUT2D eigenvalue weighted by Gasteiger charge is 2.09. The van der Waals surface area contributed by atoms with Gasteiger partial charge >= 0.3 is 5.97 Å². The fourth-order valence-electron chi connectivity index (χ4n) is 2.23. The number of hydrogen-bond donors (Lipinski definition) is 2. The predicted octanol–water partition coefficient (Wildman–Crippen LogP) is 2.87. The lowest BCUT2D eigenvalue weighted by atomic mass is 10.1. The van der Waals surface area contributed by atoms with Crippen molar-refractivity contribution >= 4 is 28.5 Å². The van der Waals surface area contributed by atoms with Crippen LogP contribution in [0.25, 0.3) is 10.9 Å². The molecule has 22 heavy (non-hydrogen) atoms. The third-order valence-corrected chi connectivity index (χ3v) is 3.69. The largest absolute Gasteiger partial charge is 0.478 e. The number of carbonyl (C=O) groups is 1. The number of carboxylic acids is 1. The molecule has 0 unspecified atom stereocenters. The van der Waals surface area contributed by atoms with Crippen molar-refractivity contribution in [3.05, 3.63) is 74.8 Å². The van der Waals surface area contributed by atoms with E-state index in [0.717, 1.165) is 5.56 Å². The summed E-state index contributed by atoms with van der Waals surface area (Å²) in [5.41, 5.74) is 0.977. The smallest absolute Gasteiger partial charge is 0.335 e. The van der Waals surface area contributed by atoms with E-state index < -0.39 is 5.97 Å². The van der Waals surface area contributed by atoms with Crippen LogP contribution in [0, 0.1) is 0 Å². The number of hydrogen-bond acceptors (Lipinski definition) is 3. The topological polar surface area (TPSA) is 83.0 Å². The first-order chi connectivity index (χ1) is 10.5. The summed E-state index contributed by atoms with van der Waals surface area (Å²) < 4.78 is 0. The molecule has 0 saturated carbocycles. The maximum Gasteiger partial charge on any atom is 0.335 e. The molecule has 0 radical (unpaired) electrons. The first-order valence-electron chi connectivity index (χ1n) is 6.54. The van der Waals surface area contributed by atoms with Crippen LogP contribution in [-0.2, 0) is 6.42 Å². The van der Waals surface area contributed by atoms with Crippen LogP contribution in [-0.4, -0.2) is 21.0 Å². The zero-order valence-corrected chi connectivity index (χ0v) is 12.1. The maximum absolute atomic E-state index is 12.1. The number of rotatable bonds is 3. The number of halogens is 1. The zero-order chi connectivity index (χ0) is 15.7. The second-order valence-electron chi connectivity index (χ2n) is 4.82. The predicted molar refractivity (Wildman–Crippen MR) is 83.6 cm³/mol. The zero-order valence-electron chi connectivity index (χ0n) is 11.3. The standard InChI is InChI=1S/C16H11ClN2O3/c17-12-4-2-1-3-9(12)8-14-18-13-7-10(16(21)22)5-6-11(13)15(20)19-14/h1-7H,8H2,(H,21,22)(H,18,19,20). The summed E-state index contributed by atoms with van der Waals surface area (Å²) in [6.45, 7) is 0. The number of benzene rings is 2. The summed E-state index contributed by atoms with van der Waals surface area (Å²) in [5.74, 6) is -0.621. The summed E-state index contributed by atoms with van der Waals surface area (Å²) in [4.78, 5) is 30.1. The molecule has 0 atom stereocenters. The fourth-order valence-corrected chi connectivity index (χ4v) is 2.43. The minimum atomic E-state index is -1.06. The van der Waals surface area contributed by atoms with Crippen LogP contribution in [0.2, 0.25) is 5.02 Å². The summed E-state index contributed by atoms with van der Waals surface area (Å²) in [7, 11) is 0. The first-order valence-corrected chi connectivity index (χ1v) is 6.92. The van der Waals surface area contributed by atoms with Crippen molar-refractivity contribution in [2.24, 2.45) is 0 Å². The van der Waals surface area contributed by atoms with E-state index in [4.69, 9.17) is 16.7 Å². The number of aromatic carboxylic acids is 1. The Bertz CT molecular complexity index is 934. The van der Waals surface area contributed by atoms with Crippen molar-refractivity contribution in [3.8, 4) is 0 Å². The van der Waals surface area contributed by atoms with Gasteiger partial charge in [-0.05, 0) is 29.8 Å². The Hall–Kier alpha value is -2.66. The van der Waals surface area contributed by atoms with Crippen LogP contribution in [0.5, 0.6) is 0 Å². The molecule has 1 aromatic heterocycles. The third-order valence-electron chi connectivity index (χ3n) is 3.32. The number of nitrogens with one attached hydrogen (secondary N) is 1. The monoisotopic (exact) mass is 314 g/mol. The van der Waals surface area contributed by atoms with E-state index in [1.54, 1.807) is 6.07 Å². The third kappa shape index (κ3) is 2.71. The van der Waals surface area contributed by atoms with Gasteiger partial charge in [0.2, 0.25) is 0 Å². The van der Waals surface area contributed by atoms with Crippen LogP contribution < -0.4 is 5.56 Å². The van der Waals surface area contributed by atoms with Gasteiger partial charge in [-0.15, -0.1) is 0 Å². The van der Waals surface area contributed by atoms with Crippen molar-refractivity contribution in [1.82, 2.24) is 9.97 Å². The number of H-pyrrole nitrogens is 1. The molecule has 0 aliphatic rings. The normalized spacial score (nSPS) is 10.8. The Morgan fingerprint density at radius 2 is 2.00 bits per heavy atom. The second-order valence-corrected chi connectivity index (χ2v) is 5.23. The lowest BCUT2D eigenvalue weighted by Gasteiger charge is -2.05. The molecule has 0 fully saturated rings. The van der Waals surface area contributed by atoms with E-state index >= 15 is 0 Å². The highest BCUT2D eigenvalue weighted by molar-refractivity contribution is 6.31. The van der Waals surface area contributed by atoms with Gasteiger partial charge in [0.25, 0.3) is 5.56 Å². The molecule has 3 aromatic rings. The molecule has 0 bridgehead atoms. The molecule has 0 aliphatic heterocycles. The van der Waals surface area contributed by atoms with Gasteiger partial charge in [-0.2, -0.15) is 0 Å². The highest BCUT2D eigenvalue weighted by atomic mass is 35.5. The van der Waals surface area contributed by atoms with Crippen LogP contribution in [0.1, 0.15) is 21.7 Å². The second kappa shape index (κ2) is 5.61. The summed E-state index contributed by atoms with van der Waals surface area (Å²) >= 11 is 6.10. The maximum atomic E-state index is 12.1. The summed E-state index contributed by atoms with van der Waals surface area (Å²) in [6, 6.07) is 11.5. The van der Waals surface area contributed by atoms with Crippen molar-refractivity contribution in [2.45, 2.75) is 6.42 Å². The SMILES string of the molecule is O=C(O)c1ccc2c(=O)[nH]c(Cc3ccccc3Cl)nc2c1. The van der Waals surface area contributed by atoms with Crippen molar-refractivity contribution in [1.29, 1.82) is 0 Å². The lowest BCUT2D eigenvalue weighted by Crippen LogP contribution is -2.13. The van der Waals surface area contributed by atoms with Gasteiger partial charge in [-0.25, -0.2) is 9.78 Å². The van der Waals surface area contributed by atoms with Gasteiger partial charge in [0.1, 0.15) is 5.82 Å². The molecule has 0 aliphatic carbocycles. The molecule has 0 amide bonds. The molecule has 0 saturated heterocycles. The molecular weight excluding hydrogens is 304 g/mol. The summed E-state index contributed by atoms with van der Waals surface area (Å²) in [5, 5.41) is 9.97. The van der Waals surface area contributed by atoms with E-state index in [0.29, 0.717) is 28.2 Å². The molecule has 3 rings (SSSR count). The highest BCUT2D eigenvalue weighted by Crippen LogP contribution is 2.18. The molecular formula is C16H11ClN2O3. The molecule has 2 N–H and O–H groups in total. The van der Waals surface area contributed by atoms with Gasteiger partial charge in [0, 0.05) is 11.4 Å². The number of carboxylic acid groups (broad SMARTS) is 1. The van der Waals surface area contributed by atoms with Crippen LogP contribution >= 0.6 is 11.6 Å². The number of fused-ring (bicyclic) bond motifs is 1. The number of nitrogens with zero attached hydrogens (tertiary/aromatic N) is 1. The molecule has 6 heteroatoms. The molecule has 110 valence electrons. The number of aromatic amines is 1. The van der Waals surface area contributed by atoms with Gasteiger partial charge in [-0.1, -0.05) is 29.8 Å². The minimum Gasteiger partial charge on any atom is -0.478 e. The van der Waals surface area contributed by atoms with E-state index in [1.807, 2.05) is 18.2 Å². The Kier molecular flexibility index (Phi) is 3.65. The molecule has 5 nitrogen and oxygen atoms in total. The van der Waals surface area contributed by atoms with Crippen LogP contribution in [0.3, 0.4) is 0 Å². The van der Waals surface area contributed by atoms with E-state index in [2.05, 4.69) is 9.97 Å². The molecule has 0 spiro atoms. The van der Waals surface area contributed by atoms with Crippen molar-refractivity contribution < 1.29 is 9.90 Å².